The highest BCUT2D eigenvalue weighted by Crippen LogP contribution is 2.82. The van der Waals surface area contributed by atoms with E-state index in [9.17, 15) is 12.9 Å². The Morgan fingerprint density at radius 3 is 1.94 bits per heavy atom. The first-order chi connectivity index (χ1) is 7.37. The standard InChI is InChI=1S/C12H13BF3/c1-9-2-4-10(5-3-9)11-6-12(7-11,8-11)13(14,15)16/h2-5H,6-8H2,1H3/q-1. The second-order valence-corrected chi connectivity index (χ2v) is 5.61. The Morgan fingerprint density at radius 1 is 1.00 bits per heavy atom. The fourth-order valence-electron chi connectivity index (χ4n) is 3.43. The van der Waals surface area contributed by atoms with E-state index in [1.165, 1.54) is 0 Å². The van der Waals surface area contributed by atoms with Gasteiger partial charge in [-0.1, -0.05) is 54.4 Å². The van der Waals surface area contributed by atoms with Gasteiger partial charge in [0.2, 0.25) is 0 Å². The van der Waals surface area contributed by atoms with Crippen molar-refractivity contribution >= 4 is 6.98 Å². The Balaban J connectivity index is 1.81. The van der Waals surface area contributed by atoms with Crippen LogP contribution in [0, 0.1) is 6.92 Å². The lowest BCUT2D eigenvalue weighted by atomic mass is 9.23. The number of hydrogen-bond donors (Lipinski definition) is 0. The van der Waals surface area contributed by atoms with Crippen molar-refractivity contribution < 1.29 is 12.9 Å². The van der Waals surface area contributed by atoms with Crippen molar-refractivity contribution in [2.75, 3.05) is 0 Å². The average Bonchev–Trinajstić information content (AvgIpc) is 2.00. The predicted molar refractivity (Wildman–Crippen MR) is 58.5 cm³/mol. The van der Waals surface area contributed by atoms with Crippen molar-refractivity contribution in [1.29, 1.82) is 0 Å². The monoisotopic (exact) mass is 225 g/mol. The molecule has 16 heavy (non-hydrogen) atoms. The maximum absolute atomic E-state index is 12.7. The molecule has 0 atom stereocenters. The van der Waals surface area contributed by atoms with Gasteiger partial charge < -0.3 is 12.9 Å². The fraction of sp³-hybridized carbons (Fsp3) is 0.500. The average molecular weight is 225 g/mol. The van der Waals surface area contributed by atoms with Crippen LogP contribution in [0.2, 0.25) is 5.31 Å². The molecule has 0 spiro atoms. The van der Waals surface area contributed by atoms with Crippen LogP contribution in [0.25, 0.3) is 0 Å². The van der Waals surface area contributed by atoms with Crippen molar-refractivity contribution in [3.63, 3.8) is 0 Å². The molecule has 3 fully saturated rings. The number of halogens is 3. The van der Waals surface area contributed by atoms with Crippen LogP contribution in [0.4, 0.5) is 12.9 Å². The van der Waals surface area contributed by atoms with E-state index in [0.29, 0.717) is 19.3 Å². The molecule has 3 aliphatic carbocycles. The van der Waals surface area contributed by atoms with E-state index in [-0.39, 0.29) is 5.41 Å². The Morgan fingerprint density at radius 2 is 1.50 bits per heavy atom. The van der Waals surface area contributed by atoms with Gasteiger partial charge in [-0.3, -0.25) is 0 Å². The number of rotatable bonds is 2. The van der Waals surface area contributed by atoms with E-state index in [1.807, 2.05) is 31.2 Å². The molecule has 4 rings (SSSR count). The summed E-state index contributed by atoms with van der Waals surface area (Å²) in [6.07, 6.45) is 0.978. The largest absolute Gasteiger partial charge is 0.484 e. The molecule has 0 aromatic heterocycles. The lowest BCUT2D eigenvalue weighted by molar-refractivity contribution is -0.0400. The lowest BCUT2D eigenvalue weighted by Gasteiger charge is -2.75. The molecule has 1 aromatic rings. The van der Waals surface area contributed by atoms with Gasteiger partial charge in [0.15, 0.2) is 0 Å². The first-order valence-corrected chi connectivity index (χ1v) is 5.64. The summed E-state index contributed by atoms with van der Waals surface area (Å²) >= 11 is 0. The quantitative estimate of drug-likeness (QED) is 0.666. The van der Waals surface area contributed by atoms with Crippen LogP contribution >= 0.6 is 0 Å². The zero-order chi connectivity index (χ0) is 11.6. The van der Waals surface area contributed by atoms with Crippen LogP contribution < -0.4 is 0 Å². The van der Waals surface area contributed by atoms with Crippen molar-refractivity contribution in [2.45, 2.75) is 36.9 Å². The summed E-state index contributed by atoms with van der Waals surface area (Å²) in [5, 5.41) is -1.27. The van der Waals surface area contributed by atoms with Gasteiger partial charge in [-0.05, 0) is 17.9 Å². The number of hydrogen-bond acceptors (Lipinski definition) is 0. The third kappa shape index (κ3) is 1.08. The van der Waals surface area contributed by atoms with Gasteiger partial charge in [-0.2, -0.15) is 0 Å². The normalized spacial score (nSPS) is 36.5. The van der Waals surface area contributed by atoms with Crippen LogP contribution in [0.3, 0.4) is 0 Å². The van der Waals surface area contributed by atoms with Crippen LogP contribution in [-0.4, -0.2) is 6.98 Å². The second-order valence-electron chi connectivity index (χ2n) is 5.61. The van der Waals surface area contributed by atoms with E-state index in [1.54, 1.807) is 0 Å². The summed E-state index contributed by atoms with van der Waals surface area (Å²) in [5.41, 5.74) is 2.12. The molecule has 4 heteroatoms. The van der Waals surface area contributed by atoms with Gasteiger partial charge in [0, 0.05) is 0 Å². The van der Waals surface area contributed by atoms with Crippen molar-refractivity contribution in [3.8, 4) is 0 Å². The maximum Gasteiger partial charge on any atom is 0.484 e. The molecule has 0 N–H and O–H groups in total. The van der Waals surface area contributed by atoms with Crippen molar-refractivity contribution in [3.05, 3.63) is 35.4 Å². The topological polar surface area (TPSA) is 0 Å². The predicted octanol–water partition coefficient (Wildman–Crippen LogP) is 4.02. The smallest absolute Gasteiger partial charge is 0.449 e. The Bertz CT molecular complexity index is 413. The second kappa shape index (κ2) is 2.66. The molecule has 86 valence electrons. The molecule has 2 bridgehead atoms. The minimum Gasteiger partial charge on any atom is -0.449 e. The fourth-order valence-corrected chi connectivity index (χ4v) is 3.43. The Labute approximate surface area is 92.9 Å². The molecule has 0 amide bonds. The van der Waals surface area contributed by atoms with Crippen molar-refractivity contribution in [2.24, 2.45) is 0 Å². The van der Waals surface area contributed by atoms with Gasteiger partial charge in [0.05, 0.1) is 0 Å². The molecule has 0 unspecified atom stereocenters. The number of benzene rings is 1. The van der Waals surface area contributed by atoms with E-state index in [4.69, 9.17) is 0 Å². The van der Waals surface area contributed by atoms with Gasteiger partial charge in [0.1, 0.15) is 0 Å². The minimum atomic E-state index is -4.64. The number of aryl methyl sites for hydroxylation is 1. The van der Waals surface area contributed by atoms with Crippen LogP contribution in [0.1, 0.15) is 30.4 Å². The van der Waals surface area contributed by atoms with E-state index in [0.717, 1.165) is 11.1 Å². The molecule has 0 saturated heterocycles. The summed E-state index contributed by atoms with van der Waals surface area (Å²) in [7, 11) is 0. The molecular weight excluding hydrogens is 212 g/mol. The van der Waals surface area contributed by atoms with Crippen molar-refractivity contribution in [1.82, 2.24) is 0 Å². The molecule has 0 nitrogen and oxygen atoms in total. The molecule has 1 aromatic carbocycles. The van der Waals surface area contributed by atoms with E-state index < -0.39 is 12.3 Å². The lowest BCUT2D eigenvalue weighted by Crippen LogP contribution is -2.67. The maximum atomic E-state index is 12.7. The highest BCUT2D eigenvalue weighted by molar-refractivity contribution is 6.63. The molecule has 0 radical (unpaired) electrons. The Hall–Kier alpha value is -0.925. The Kier molecular flexibility index (Phi) is 1.70. The zero-order valence-electron chi connectivity index (χ0n) is 9.14. The van der Waals surface area contributed by atoms with Gasteiger partial charge >= 0.3 is 6.98 Å². The summed E-state index contributed by atoms with van der Waals surface area (Å²) in [4.78, 5) is 0. The summed E-state index contributed by atoms with van der Waals surface area (Å²) in [6.45, 7) is -2.65. The summed E-state index contributed by atoms with van der Waals surface area (Å²) in [5.74, 6) is 0. The van der Waals surface area contributed by atoms with E-state index in [2.05, 4.69) is 0 Å². The first kappa shape index (κ1) is 10.2. The molecule has 0 heterocycles. The molecule has 3 saturated carbocycles. The molecular formula is C12H13BF3-. The third-order valence-corrected chi connectivity index (χ3v) is 4.43. The minimum absolute atomic E-state index is 0.134. The van der Waals surface area contributed by atoms with Crippen LogP contribution in [0.15, 0.2) is 24.3 Å². The summed E-state index contributed by atoms with van der Waals surface area (Å²) in [6, 6.07) is 7.95. The van der Waals surface area contributed by atoms with Gasteiger partial charge in [-0.15, -0.1) is 0 Å². The SMILES string of the molecule is Cc1ccc(C23CC([B-](F)(F)F)(C2)C3)cc1. The van der Waals surface area contributed by atoms with Crippen LogP contribution in [-0.2, 0) is 5.41 Å². The molecule has 0 aliphatic heterocycles. The van der Waals surface area contributed by atoms with E-state index >= 15 is 0 Å². The molecule has 3 aliphatic rings. The highest BCUT2D eigenvalue weighted by atomic mass is 19.4. The van der Waals surface area contributed by atoms with Gasteiger partial charge in [-0.25, -0.2) is 0 Å². The van der Waals surface area contributed by atoms with Crippen LogP contribution in [0.5, 0.6) is 0 Å². The highest BCUT2D eigenvalue weighted by Gasteiger charge is 2.74. The van der Waals surface area contributed by atoms with Gasteiger partial charge in [0.25, 0.3) is 0 Å². The summed E-state index contributed by atoms with van der Waals surface area (Å²) < 4.78 is 38.2. The first-order valence-electron chi connectivity index (χ1n) is 5.64. The zero-order valence-corrected chi connectivity index (χ0v) is 9.14. The third-order valence-electron chi connectivity index (χ3n) is 4.43.